The molecule has 2 atom stereocenters. The maximum atomic E-state index is 12.4. The van der Waals surface area contributed by atoms with Crippen LogP contribution in [0.4, 0.5) is 0 Å². The molecule has 4 nitrogen and oxygen atoms in total. The average molecular weight is 496 g/mol. The lowest BCUT2D eigenvalue weighted by atomic mass is 9.90. The fourth-order valence-electron chi connectivity index (χ4n) is 5.34. The van der Waals surface area contributed by atoms with Gasteiger partial charge in [-0.1, -0.05) is 48.9 Å². The second-order valence-corrected chi connectivity index (χ2v) is 11.1. The molecular formula is C30H41NO3S. The summed E-state index contributed by atoms with van der Waals surface area (Å²) in [5.41, 5.74) is 1.44. The van der Waals surface area contributed by atoms with Crippen LogP contribution in [0.15, 0.2) is 54.6 Å². The number of esters is 1. The molecule has 35 heavy (non-hydrogen) atoms. The van der Waals surface area contributed by atoms with Crippen LogP contribution in [-0.4, -0.2) is 50.3 Å². The molecule has 4 rings (SSSR count). The Balaban J connectivity index is 1.11. The number of aryl methyl sites for hydroxylation is 2. The minimum absolute atomic E-state index is 0.178. The Morgan fingerprint density at radius 3 is 2.77 bits per heavy atom. The molecule has 0 amide bonds. The SMILES string of the molecule is O=C(OCCN1CCOCC1)c1ccc(CCC[C@H]2CCC[C@@H]2/C=C/CCCc2ccccc2)s1. The van der Waals surface area contributed by atoms with E-state index in [1.54, 1.807) is 11.3 Å². The van der Waals surface area contributed by atoms with E-state index in [1.165, 1.54) is 61.8 Å². The Bertz CT molecular complexity index is 903. The highest BCUT2D eigenvalue weighted by molar-refractivity contribution is 7.13. The maximum Gasteiger partial charge on any atom is 0.348 e. The van der Waals surface area contributed by atoms with Gasteiger partial charge in [0.05, 0.1) is 13.2 Å². The third-order valence-corrected chi connectivity index (χ3v) is 8.51. The predicted molar refractivity (Wildman–Crippen MR) is 144 cm³/mol. The van der Waals surface area contributed by atoms with Crippen molar-refractivity contribution in [2.24, 2.45) is 11.8 Å². The van der Waals surface area contributed by atoms with Crippen LogP contribution >= 0.6 is 11.3 Å². The quantitative estimate of drug-likeness (QED) is 0.179. The zero-order chi connectivity index (χ0) is 24.1. The van der Waals surface area contributed by atoms with Gasteiger partial charge in [0.2, 0.25) is 0 Å². The van der Waals surface area contributed by atoms with E-state index in [0.29, 0.717) is 6.61 Å². The van der Waals surface area contributed by atoms with E-state index >= 15 is 0 Å². The van der Waals surface area contributed by atoms with Crippen LogP contribution in [0, 0.1) is 11.8 Å². The second kappa shape index (κ2) is 14.6. The monoisotopic (exact) mass is 495 g/mol. The summed E-state index contributed by atoms with van der Waals surface area (Å²) in [6.45, 7) is 4.63. The van der Waals surface area contributed by atoms with Crippen molar-refractivity contribution in [3.8, 4) is 0 Å². The van der Waals surface area contributed by atoms with Crippen molar-refractivity contribution in [1.82, 2.24) is 4.90 Å². The lowest BCUT2D eigenvalue weighted by molar-refractivity contribution is 0.0197. The predicted octanol–water partition coefficient (Wildman–Crippen LogP) is 6.56. The number of ether oxygens (including phenoxy) is 2. The van der Waals surface area contributed by atoms with Crippen LogP contribution in [0.3, 0.4) is 0 Å². The van der Waals surface area contributed by atoms with E-state index in [4.69, 9.17) is 9.47 Å². The molecule has 190 valence electrons. The summed E-state index contributed by atoms with van der Waals surface area (Å²) >= 11 is 1.61. The molecule has 2 aliphatic rings. The molecule has 2 aromatic rings. The summed E-state index contributed by atoms with van der Waals surface area (Å²) in [6.07, 6.45) is 16.2. The molecule has 0 N–H and O–H groups in total. The van der Waals surface area contributed by atoms with Crippen molar-refractivity contribution in [3.63, 3.8) is 0 Å². The van der Waals surface area contributed by atoms with Crippen LogP contribution < -0.4 is 0 Å². The number of carbonyl (C=O) groups excluding carboxylic acids is 1. The number of morpholine rings is 1. The molecule has 2 heterocycles. The van der Waals surface area contributed by atoms with Gasteiger partial charge in [-0.05, 0) is 80.9 Å². The van der Waals surface area contributed by atoms with E-state index in [0.717, 1.165) is 56.0 Å². The van der Waals surface area contributed by atoms with Gasteiger partial charge in [-0.15, -0.1) is 11.3 Å². The lowest BCUT2D eigenvalue weighted by Crippen LogP contribution is -2.38. The number of nitrogens with zero attached hydrogens (tertiary/aromatic N) is 1. The summed E-state index contributed by atoms with van der Waals surface area (Å²) in [6, 6.07) is 14.8. The fraction of sp³-hybridized carbons (Fsp3) is 0.567. The summed E-state index contributed by atoms with van der Waals surface area (Å²) in [5.74, 6) is 1.40. The number of unbranched alkanes of at least 4 members (excludes halogenated alkanes) is 1. The van der Waals surface area contributed by atoms with E-state index in [-0.39, 0.29) is 5.97 Å². The smallest absolute Gasteiger partial charge is 0.348 e. The maximum absolute atomic E-state index is 12.4. The third kappa shape index (κ3) is 8.89. The number of thiophene rings is 1. The van der Waals surface area contributed by atoms with Gasteiger partial charge in [0.25, 0.3) is 0 Å². The Hall–Kier alpha value is -1.95. The zero-order valence-electron chi connectivity index (χ0n) is 21.0. The molecule has 0 spiro atoms. The Kier molecular flexibility index (Phi) is 10.9. The van der Waals surface area contributed by atoms with E-state index < -0.39 is 0 Å². The second-order valence-electron chi connectivity index (χ2n) is 9.91. The van der Waals surface area contributed by atoms with Gasteiger partial charge < -0.3 is 9.47 Å². The number of hydrogen-bond donors (Lipinski definition) is 0. The molecule has 0 unspecified atom stereocenters. The van der Waals surface area contributed by atoms with Crippen LogP contribution in [0.25, 0.3) is 0 Å². The van der Waals surface area contributed by atoms with Crippen LogP contribution in [-0.2, 0) is 22.3 Å². The van der Waals surface area contributed by atoms with E-state index in [9.17, 15) is 4.79 Å². The first-order valence-corrected chi connectivity index (χ1v) is 14.4. The number of allylic oxidation sites excluding steroid dienone is 2. The van der Waals surface area contributed by atoms with Crippen molar-refractivity contribution >= 4 is 17.3 Å². The van der Waals surface area contributed by atoms with E-state index in [1.807, 2.05) is 6.07 Å². The van der Waals surface area contributed by atoms with Crippen LogP contribution in [0.1, 0.15) is 65.1 Å². The van der Waals surface area contributed by atoms with Crippen LogP contribution in [0.2, 0.25) is 0 Å². The van der Waals surface area contributed by atoms with Gasteiger partial charge in [-0.25, -0.2) is 4.79 Å². The highest BCUT2D eigenvalue weighted by Crippen LogP contribution is 2.36. The Morgan fingerprint density at radius 2 is 1.91 bits per heavy atom. The summed E-state index contributed by atoms with van der Waals surface area (Å²) in [5, 5.41) is 0. The first kappa shape index (κ1) is 26.1. The van der Waals surface area contributed by atoms with Gasteiger partial charge >= 0.3 is 5.97 Å². The first-order valence-electron chi connectivity index (χ1n) is 13.5. The molecule has 1 saturated heterocycles. The van der Waals surface area contributed by atoms with Crippen molar-refractivity contribution in [1.29, 1.82) is 0 Å². The van der Waals surface area contributed by atoms with Gasteiger partial charge in [0, 0.05) is 24.5 Å². The highest BCUT2D eigenvalue weighted by atomic mass is 32.1. The molecular weight excluding hydrogens is 454 g/mol. The van der Waals surface area contributed by atoms with Gasteiger partial charge in [-0.2, -0.15) is 0 Å². The normalized spacial score (nSPS) is 21.0. The molecule has 1 saturated carbocycles. The minimum Gasteiger partial charge on any atom is -0.460 e. The van der Waals surface area contributed by atoms with Gasteiger partial charge in [0.1, 0.15) is 11.5 Å². The Morgan fingerprint density at radius 1 is 1.06 bits per heavy atom. The van der Waals surface area contributed by atoms with Crippen molar-refractivity contribution in [2.75, 3.05) is 39.5 Å². The number of benzene rings is 1. The molecule has 1 aromatic heterocycles. The molecule has 1 aromatic carbocycles. The molecule has 2 fully saturated rings. The summed E-state index contributed by atoms with van der Waals surface area (Å²) < 4.78 is 10.9. The molecule has 1 aliphatic carbocycles. The topological polar surface area (TPSA) is 38.8 Å². The van der Waals surface area contributed by atoms with E-state index in [2.05, 4.69) is 53.5 Å². The zero-order valence-corrected chi connectivity index (χ0v) is 21.9. The number of hydrogen-bond acceptors (Lipinski definition) is 5. The van der Waals surface area contributed by atoms with Crippen molar-refractivity contribution in [3.05, 3.63) is 69.9 Å². The summed E-state index contributed by atoms with van der Waals surface area (Å²) in [4.78, 5) is 16.7. The van der Waals surface area contributed by atoms with Gasteiger partial charge in [0.15, 0.2) is 0 Å². The standard InChI is InChI=1S/C30H41NO3S/c32-30(34-24-21-31-19-22-33-23-20-31)29-18-17-28(35-29)16-8-15-27-14-7-13-26(27)12-6-2-5-11-25-9-3-1-4-10-25/h1,3-4,6,9-10,12,17-18,26-27H,2,5,7-8,11,13-16,19-24H2/b12-6+/t26-,27+/m0/s1. The fourth-order valence-corrected chi connectivity index (χ4v) is 6.28. The summed E-state index contributed by atoms with van der Waals surface area (Å²) in [7, 11) is 0. The Labute approximate surface area is 215 Å². The lowest BCUT2D eigenvalue weighted by Gasteiger charge is -2.26. The highest BCUT2D eigenvalue weighted by Gasteiger charge is 2.24. The average Bonchev–Trinajstić information content (AvgIpc) is 3.55. The molecule has 0 radical (unpaired) electrons. The van der Waals surface area contributed by atoms with Crippen LogP contribution in [0.5, 0.6) is 0 Å². The van der Waals surface area contributed by atoms with Crippen molar-refractivity contribution in [2.45, 2.75) is 57.8 Å². The minimum atomic E-state index is -0.178. The first-order chi connectivity index (χ1) is 17.3. The molecule has 5 heteroatoms. The van der Waals surface area contributed by atoms with Crippen molar-refractivity contribution < 1.29 is 14.3 Å². The van der Waals surface area contributed by atoms with Gasteiger partial charge in [-0.3, -0.25) is 4.90 Å². The number of carbonyl (C=O) groups is 1. The molecule has 1 aliphatic heterocycles. The largest absolute Gasteiger partial charge is 0.460 e. The number of rotatable bonds is 13. The molecule has 0 bridgehead atoms. The third-order valence-electron chi connectivity index (χ3n) is 7.39.